The predicted octanol–water partition coefficient (Wildman–Crippen LogP) is 4.23. The van der Waals surface area contributed by atoms with Crippen LogP contribution in [0.5, 0.6) is 0 Å². The molecule has 0 fully saturated rings. The van der Waals surface area contributed by atoms with Crippen LogP contribution in [-0.4, -0.2) is 15.5 Å². The second-order valence-corrected chi connectivity index (χ2v) is 13.0. The molecule has 5 heteroatoms. The summed E-state index contributed by atoms with van der Waals surface area (Å²) in [5.41, 5.74) is -2.03. The van der Waals surface area contributed by atoms with E-state index in [1.807, 2.05) is 30.3 Å². The van der Waals surface area contributed by atoms with Crippen LogP contribution in [0.15, 0.2) is 30.3 Å². The van der Waals surface area contributed by atoms with Crippen molar-refractivity contribution in [2.45, 2.75) is 45.3 Å². The Labute approximate surface area is 130 Å². The van der Waals surface area contributed by atoms with Gasteiger partial charge in [-0.25, -0.2) is 0 Å². The maximum Gasteiger partial charge on any atom is 0.394 e. The monoisotopic (exact) mass is 333 g/mol. The highest BCUT2D eigenvalue weighted by atomic mass is 32.9. The third-order valence-corrected chi connectivity index (χ3v) is 10.4. The van der Waals surface area contributed by atoms with Crippen LogP contribution in [0.3, 0.4) is 0 Å². The van der Waals surface area contributed by atoms with Gasteiger partial charge >= 0.3 is 5.69 Å². The van der Waals surface area contributed by atoms with Crippen molar-refractivity contribution in [3.8, 4) is 0 Å². The van der Waals surface area contributed by atoms with E-state index in [4.69, 9.17) is 11.8 Å². The SMILES string of the molecule is CCCCC(CC)C[S+](Cc1ccccc1)P(O)(O)=S. The van der Waals surface area contributed by atoms with E-state index in [0.717, 1.165) is 17.7 Å². The van der Waals surface area contributed by atoms with E-state index in [1.54, 1.807) is 0 Å². The number of hydrogen-bond acceptors (Lipinski definition) is 1. The largest absolute Gasteiger partial charge is 0.394 e. The molecule has 0 saturated carbocycles. The number of rotatable bonds is 9. The number of hydrogen-bond donors (Lipinski definition) is 2. The molecule has 1 aromatic carbocycles. The van der Waals surface area contributed by atoms with Crippen molar-refractivity contribution in [2.75, 3.05) is 5.75 Å². The highest BCUT2D eigenvalue weighted by Gasteiger charge is 2.37. The fourth-order valence-electron chi connectivity index (χ4n) is 2.18. The normalized spacial score (nSPS) is 15.0. The van der Waals surface area contributed by atoms with Gasteiger partial charge in [0.05, 0.1) is 10.5 Å². The zero-order chi connectivity index (χ0) is 15.0. The second kappa shape index (κ2) is 9.22. The van der Waals surface area contributed by atoms with Crippen LogP contribution >= 0.6 is 5.69 Å². The van der Waals surface area contributed by atoms with E-state index in [1.165, 1.54) is 19.3 Å². The molecular formula is C15H26O2PS2+. The Morgan fingerprint density at radius 3 is 2.35 bits per heavy atom. The molecule has 0 bridgehead atoms. The van der Waals surface area contributed by atoms with E-state index in [2.05, 4.69) is 13.8 Å². The molecule has 2 atom stereocenters. The van der Waals surface area contributed by atoms with Gasteiger partial charge in [0.1, 0.15) is 11.5 Å². The van der Waals surface area contributed by atoms with Crippen molar-refractivity contribution in [1.82, 2.24) is 0 Å². The summed E-state index contributed by atoms with van der Waals surface area (Å²) >= 11 is 5.02. The summed E-state index contributed by atoms with van der Waals surface area (Å²) in [5, 5.41) is 0. The molecular weight excluding hydrogens is 307 g/mol. The van der Waals surface area contributed by atoms with Crippen molar-refractivity contribution < 1.29 is 9.79 Å². The minimum Gasteiger partial charge on any atom is -0.307 e. The Balaban J connectivity index is 2.72. The Kier molecular flexibility index (Phi) is 8.38. The first-order valence-corrected chi connectivity index (χ1v) is 12.1. The second-order valence-electron chi connectivity index (χ2n) is 5.17. The molecule has 1 rings (SSSR count). The standard InChI is InChI=1S/C15H25O2PS2/c1-3-5-9-14(4-2)12-20(18(16,17)19)13-15-10-7-6-8-11-15/h6-8,10-11,14H,3-5,9,12-13H2,1-2H3,(H-,16,17,19)/p+1. The maximum atomic E-state index is 10.0. The summed E-state index contributed by atoms with van der Waals surface area (Å²) in [6, 6.07) is 10.0. The quantitative estimate of drug-likeness (QED) is 0.525. The maximum absolute atomic E-state index is 10.0. The summed E-state index contributed by atoms with van der Waals surface area (Å²) in [6.07, 6.45) is 4.66. The summed E-state index contributed by atoms with van der Waals surface area (Å²) in [5.74, 6) is 2.12. The zero-order valence-corrected chi connectivity index (χ0v) is 14.9. The lowest BCUT2D eigenvalue weighted by Crippen LogP contribution is -2.18. The molecule has 2 unspecified atom stereocenters. The Morgan fingerprint density at radius 1 is 1.20 bits per heavy atom. The first-order chi connectivity index (χ1) is 9.47. The van der Waals surface area contributed by atoms with Crippen LogP contribution in [0.4, 0.5) is 0 Å². The highest BCUT2D eigenvalue weighted by molar-refractivity contribution is 8.64. The van der Waals surface area contributed by atoms with E-state index < -0.39 is 16.2 Å². The van der Waals surface area contributed by atoms with Gasteiger partial charge in [0.15, 0.2) is 0 Å². The van der Waals surface area contributed by atoms with Gasteiger partial charge in [-0.05, 0) is 12.8 Å². The predicted molar refractivity (Wildman–Crippen MR) is 94.4 cm³/mol. The molecule has 0 amide bonds. The first kappa shape index (κ1) is 18.2. The summed E-state index contributed by atoms with van der Waals surface area (Å²) in [6.45, 7) is 4.38. The minimum absolute atomic E-state index is 0.489. The smallest absolute Gasteiger partial charge is 0.307 e. The third kappa shape index (κ3) is 6.73. The van der Waals surface area contributed by atoms with Crippen molar-refractivity contribution in [1.29, 1.82) is 0 Å². The van der Waals surface area contributed by atoms with Gasteiger partial charge < -0.3 is 9.79 Å². The molecule has 0 aliphatic heterocycles. The summed E-state index contributed by atoms with van der Waals surface area (Å²) in [4.78, 5) is 20.0. The number of unbranched alkanes of at least 4 members (excludes halogenated alkanes) is 1. The molecule has 0 radical (unpaired) electrons. The Hall–Kier alpha value is 0.140. The number of benzene rings is 1. The average Bonchev–Trinajstić information content (AvgIpc) is 2.42. The van der Waals surface area contributed by atoms with Gasteiger partial charge in [-0.2, -0.15) is 0 Å². The van der Waals surface area contributed by atoms with Crippen LogP contribution < -0.4 is 0 Å². The molecule has 0 heterocycles. The van der Waals surface area contributed by atoms with Gasteiger partial charge in [-0.1, -0.05) is 57.0 Å². The van der Waals surface area contributed by atoms with Crippen LogP contribution in [0.25, 0.3) is 0 Å². The first-order valence-electron chi connectivity index (χ1n) is 7.25. The molecule has 114 valence electrons. The van der Waals surface area contributed by atoms with Crippen LogP contribution in [-0.2, 0) is 28.1 Å². The third-order valence-electron chi connectivity index (χ3n) is 3.48. The van der Waals surface area contributed by atoms with Crippen LogP contribution in [0.1, 0.15) is 45.1 Å². The minimum atomic E-state index is -3.18. The molecule has 0 spiro atoms. The van der Waals surface area contributed by atoms with Gasteiger partial charge in [0.2, 0.25) is 0 Å². The molecule has 0 saturated heterocycles. The lowest BCUT2D eigenvalue weighted by molar-refractivity contribution is 0.490. The molecule has 1 aromatic rings. The Bertz CT molecular complexity index is 419. The summed E-state index contributed by atoms with van der Waals surface area (Å²) in [7, 11) is -0.489. The molecule has 20 heavy (non-hydrogen) atoms. The topological polar surface area (TPSA) is 40.5 Å². The van der Waals surface area contributed by atoms with Crippen LogP contribution in [0.2, 0.25) is 0 Å². The molecule has 0 aromatic heterocycles. The Morgan fingerprint density at radius 2 is 1.85 bits per heavy atom. The van der Waals surface area contributed by atoms with E-state index in [0.29, 0.717) is 11.7 Å². The van der Waals surface area contributed by atoms with Crippen molar-refractivity contribution in [2.24, 2.45) is 5.92 Å². The van der Waals surface area contributed by atoms with E-state index in [9.17, 15) is 9.79 Å². The van der Waals surface area contributed by atoms with Gasteiger partial charge in [-0.3, -0.25) is 0 Å². The van der Waals surface area contributed by atoms with E-state index >= 15 is 0 Å². The molecule has 2 nitrogen and oxygen atoms in total. The fraction of sp³-hybridized carbons (Fsp3) is 0.600. The van der Waals surface area contributed by atoms with Crippen molar-refractivity contribution in [3.63, 3.8) is 0 Å². The van der Waals surface area contributed by atoms with Crippen molar-refractivity contribution in [3.05, 3.63) is 35.9 Å². The fourth-order valence-corrected chi connectivity index (χ4v) is 7.37. The highest BCUT2D eigenvalue weighted by Crippen LogP contribution is 2.48. The van der Waals surface area contributed by atoms with Crippen molar-refractivity contribution >= 4 is 28.0 Å². The van der Waals surface area contributed by atoms with Crippen LogP contribution in [0, 0.1) is 5.92 Å². The summed E-state index contributed by atoms with van der Waals surface area (Å²) < 4.78 is 0. The average molecular weight is 333 g/mol. The lowest BCUT2D eigenvalue weighted by Gasteiger charge is -2.18. The van der Waals surface area contributed by atoms with Gasteiger partial charge in [-0.15, -0.1) is 0 Å². The lowest BCUT2D eigenvalue weighted by atomic mass is 10.0. The molecule has 0 aliphatic carbocycles. The molecule has 2 N–H and O–H groups in total. The zero-order valence-electron chi connectivity index (χ0n) is 12.4. The molecule has 0 aliphatic rings. The van der Waals surface area contributed by atoms with E-state index in [-0.39, 0.29) is 0 Å². The van der Waals surface area contributed by atoms with Gasteiger partial charge in [0.25, 0.3) is 0 Å². The van der Waals surface area contributed by atoms with Gasteiger partial charge in [0, 0.05) is 23.3 Å².